The molecule has 1 aromatic heterocycles. The highest BCUT2D eigenvalue weighted by Crippen LogP contribution is 2.47. The maximum absolute atomic E-state index is 15.5. The number of anilines is 1. The average Bonchev–Trinajstić information content (AvgIpc) is 3.02. The monoisotopic (exact) mass is 462 g/mol. The third kappa shape index (κ3) is 3.55. The van der Waals surface area contributed by atoms with Crippen LogP contribution in [0.4, 0.5) is 20.4 Å². The van der Waals surface area contributed by atoms with E-state index in [0.29, 0.717) is 24.2 Å². The molecule has 2 aliphatic heterocycles. The van der Waals surface area contributed by atoms with Gasteiger partial charge in [0.05, 0.1) is 16.7 Å². The highest BCUT2D eigenvalue weighted by atomic mass is 19.2. The second-order valence-electron chi connectivity index (χ2n) is 9.92. The topological polar surface area (TPSA) is 72.3 Å². The number of amidine groups is 1. The van der Waals surface area contributed by atoms with Crippen molar-refractivity contribution in [2.75, 3.05) is 11.4 Å². The number of fused-ring (bicyclic) bond motifs is 4. The minimum atomic E-state index is -0.882. The van der Waals surface area contributed by atoms with Crippen molar-refractivity contribution in [2.45, 2.75) is 64.5 Å². The Hall–Kier alpha value is -3.31. The molecule has 34 heavy (non-hydrogen) atoms. The van der Waals surface area contributed by atoms with Gasteiger partial charge in [0, 0.05) is 17.8 Å². The minimum Gasteiger partial charge on any atom is -0.326 e. The van der Waals surface area contributed by atoms with Gasteiger partial charge in [-0.1, -0.05) is 17.9 Å². The lowest BCUT2D eigenvalue weighted by Gasteiger charge is -2.42. The Balaban J connectivity index is 1.73. The van der Waals surface area contributed by atoms with Crippen molar-refractivity contribution in [3.8, 4) is 11.8 Å². The number of nitrogens with two attached hydrogens (primary N) is 1. The molecule has 1 aromatic carbocycles. The maximum Gasteiger partial charge on any atom is 0.253 e. The van der Waals surface area contributed by atoms with E-state index in [0.717, 1.165) is 36.1 Å². The number of nitrogens with zero attached hydrogens (tertiary/aromatic N) is 5. The van der Waals surface area contributed by atoms with Crippen molar-refractivity contribution in [1.82, 2.24) is 14.8 Å². The molecule has 2 aromatic rings. The molecule has 0 saturated carbocycles. The molecule has 0 spiro atoms. The first kappa shape index (κ1) is 22.5. The number of rotatable bonds is 0. The van der Waals surface area contributed by atoms with Gasteiger partial charge in [-0.05, 0) is 77.2 Å². The second kappa shape index (κ2) is 7.88. The average molecular weight is 463 g/mol. The van der Waals surface area contributed by atoms with Crippen molar-refractivity contribution >= 4 is 17.5 Å². The van der Waals surface area contributed by atoms with Crippen molar-refractivity contribution in [3.63, 3.8) is 0 Å². The van der Waals surface area contributed by atoms with E-state index >= 15 is 4.39 Å². The lowest BCUT2D eigenvalue weighted by atomic mass is 9.81. The number of allylic oxidation sites excluding steroid dienone is 3. The minimum absolute atomic E-state index is 0.232. The van der Waals surface area contributed by atoms with E-state index < -0.39 is 22.7 Å². The lowest BCUT2D eigenvalue weighted by molar-refractivity contribution is 0.356. The summed E-state index contributed by atoms with van der Waals surface area (Å²) in [5, 5.41) is 8.42. The van der Waals surface area contributed by atoms with Crippen LogP contribution in [0.25, 0.3) is 0 Å². The highest BCUT2D eigenvalue weighted by Gasteiger charge is 2.47. The first-order valence-electron chi connectivity index (χ1n) is 11.6. The van der Waals surface area contributed by atoms with Gasteiger partial charge in [-0.3, -0.25) is 4.57 Å². The first-order valence-corrected chi connectivity index (χ1v) is 11.6. The fourth-order valence-electron chi connectivity index (χ4n) is 5.07. The van der Waals surface area contributed by atoms with E-state index in [9.17, 15) is 4.39 Å². The molecule has 6 nitrogen and oxygen atoms in total. The van der Waals surface area contributed by atoms with Gasteiger partial charge < -0.3 is 10.6 Å². The van der Waals surface area contributed by atoms with Gasteiger partial charge in [0.1, 0.15) is 11.7 Å². The summed E-state index contributed by atoms with van der Waals surface area (Å²) in [5.74, 6) is 6.02. The summed E-state index contributed by atoms with van der Waals surface area (Å²) in [6, 6.07) is 5.92. The molecule has 5 rings (SSSR count). The Morgan fingerprint density at radius 3 is 2.74 bits per heavy atom. The Morgan fingerprint density at radius 1 is 1.18 bits per heavy atom. The first-order chi connectivity index (χ1) is 16.1. The molecule has 0 amide bonds. The van der Waals surface area contributed by atoms with Crippen LogP contribution in [0.5, 0.6) is 0 Å². The Bertz CT molecular complexity index is 1330. The van der Waals surface area contributed by atoms with Crippen LogP contribution in [-0.4, -0.2) is 32.7 Å². The Kier molecular flexibility index (Phi) is 5.21. The molecule has 1 atom stereocenters. The molecule has 0 bridgehead atoms. The van der Waals surface area contributed by atoms with E-state index in [-0.39, 0.29) is 12.0 Å². The number of halogens is 2. The fourth-order valence-corrected chi connectivity index (χ4v) is 5.07. The molecule has 0 saturated heterocycles. The van der Waals surface area contributed by atoms with Gasteiger partial charge in [-0.2, -0.15) is 4.99 Å². The molecule has 176 valence electrons. The zero-order valence-electron chi connectivity index (χ0n) is 19.9. The van der Waals surface area contributed by atoms with Gasteiger partial charge in [-0.15, -0.1) is 10.2 Å². The van der Waals surface area contributed by atoms with Gasteiger partial charge >= 0.3 is 0 Å². The van der Waals surface area contributed by atoms with Crippen LogP contribution in [0.1, 0.15) is 57.0 Å². The van der Waals surface area contributed by atoms with Crippen LogP contribution in [0, 0.1) is 18.8 Å². The van der Waals surface area contributed by atoms with Crippen molar-refractivity contribution in [2.24, 2.45) is 10.7 Å². The van der Waals surface area contributed by atoms with Gasteiger partial charge in [0.15, 0.2) is 11.7 Å². The zero-order chi connectivity index (χ0) is 24.3. The van der Waals surface area contributed by atoms with Gasteiger partial charge in [-0.25, -0.2) is 8.78 Å². The molecule has 0 fully saturated rings. The molecule has 3 heterocycles. The molecule has 3 aliphatic rings. The molecule has 2 N–H and O–H groups in total. The maximum atomic E-state index is 15.5. The van der Waals surface area contributed by atoms with E-state index in [1.165, 1.54) is 6.08 Å². The summed E-state index contributed by atoms with van der Waals surface area (Å²) in [7, 11) is 0. The van der Waals surface area contributed by atoms with Crippen LogP contribution in [0.3, 0.4) is 0 Å². The van der Waals surface area contributed by atoms with Crippen LogP contribution in [0.15, 0.2) is 46.5 Å². The van der Waals surface area contributed by atoms with E-state index in [2.05, 4.69) is 22.0 Å². The van der Waals surface area contributed by atoms with Gasteiger partial charge in [0.25, 0.3) is 5.95 Å². The van der Waals surface area contributed by atoms with E-state index in [4.69, 9.17) is 10.7 Å². The highest BCUT2D eigenvalue weighted by molar-refractivity contribution is 6.13. The molecule has 0 radical (unpaired) electrons. The predicted octanol–water partition coefficient (Wildman–Crippen LogP) is 4.76. The molecule has 1 aliphatic carbocycles. The van der Waals surface area contributed by atoms with Crippen LogP contribution in [0.2, 0.25) is 0 Å². The fraction of sp³-hybridized carbons (Fsp3) is 0.423. The number of aryl methyl sites for hydroxylation is 1. The normalized spacial score (nSPS) is 22.0. The standard InChI is InChI=1S/C26H28F2N6/c1-16-31-32-24-30-23(21-22(28)19(27)12-14-26(21,4)34(16)24)33-15-6-5-9-18-17(8-7-10-20(18)33)11-13-25(2,3)29/h7-8,10,12H,5-6,9,14-15,29H2,1-4H3. The van der Waals surface area contributed by atoms with Crippen molar-refractivity contribution < 1.29 is 8.78 Å². The number of benzene rings is 1. The number of aromatic nitrogens is 3. The van der Waals surface area contributed by atoms with E-state index in [1.807, 2.05) is 43.9 Å². The summed E-state index contributed by atoms with van der Waals surface area (Å²) in [4.78, 5) is 6.74. The quantitative estimate of drug-likeness (QED) is 0.573. The Morgan fingerprint density at radius 2 is 1.97 bits per heavy atom. The SMILES string of the molecule is Cc1nnc2n1C1(C)CC=C(F)C(F)=C1C(N1CCCCc3c(C#CC(C)(C)N)cccc31)=N2. The third-order valence-corrected chi connectivity index (χ3v) is 6.65. The molecular formula is C26H28F2N6. The summed E-state index contributed by atoms with van der Waals surface area (Å²) in [6.45, 7) is 8.05. The number of aliphatic imine (C=N–C) groups is 1. The van der Waals surface area contributed by atoms with Crippen LogP contribution in [-0.2, 0) is 12.0 Å². The molecule has 8 heteroatoms. The van der Waals surface area contributed by atoms with Crippen molar-refractivity contribution in [1.29, 1.82) is 0 Å². The number of hydrogen-bond donors (Lipinski definition) is 1. The second-order valence-corrected chi connectivity index (χ2v) is 9.92. The van der Waals surface area contributed by atoms with E-state index in [1.54, 1.807) is 11.5 Å². The summed E-state index contributed by atoms with van der Waals surface area (Å²) >= 11 is 0. The lowest BCUT2D eigenvalue weighted by Crippen LogP contribution is -2.47. The smallest absolute Gasteiger partial charge is 0.253 e. The molecule has 1 unspecified atom stereocenters. The third-order valence-electron chi connectivity index (χ3n) is 6.65. The number of hydrogen-bond acceptors (Lipinski definition) is 5. The summed E-state index contributed by atoms with van der Waals surface area (Å²) in [6.07, 6.45) is 4.23. The van der Waals surface area contributed by atoms with Crippen LogP contribution < -0.4 is 10.6 Å². The van der Waals surface area contributed by atoms with Crippen molar-refractivity contribution in [3.05, 3.63) is 58.5 Å². The predicted molar refractivity (Wildman–Crippen MR) is 129 cm³/mol. The largest absolute Gasteiger partial charge is 0.326 e. The summed E-state index contributed by atoms with van der Waals surface area (Å²) < 4.78 is 31.9. The summed E-state index contributed by atoms with van der Waals surface area (Å²) in [5.41, 5.74) is 7.68. The molecular weight excluding hydrogens is 434 g/mol. The zero-order valence-corrected chi connectivity index (χ0v) is 19.9. The van der Waals surface area contributed by atoms with Crippen LogP contribution >= 0.6 is 0 Å². The van der Waals surface area contributed by atoms with Gasteiger partial charge in [0.2, 0.25) is 0 Å². The Labute approximate surface area is 198 Å².